The zero-order valence-electron chi connectivity index (χ0n) is 19.5. The zero-order valence-corrected chi connectivity index (χ0v) is 20.3. The molecule has 1 aromatic heterocycles. The van der Waals surface area contributed by atoms with Crippen LogP contribution in [0.3, 0.4) is 0 Å². The Morgan fingerprint density at radius 2 is 1.62 bits per heavy atom. The fourth-order valence-corrected chi connectivity index (χ4v) is 4.81. The largest absolute Gasteiger partial charge is 0.295 e. The molecule has 0 amide bonds. The van der Waals surface area contributed by atoms with Crippen molar-refractivity contribution in [2.45, 2.75) is 32.6 Å². The number of sulfonamides is 1. The number of rotatable bonds is 6. The lowest BCUT2D eigenvalue weighted by molar-refractivity contribution is 0.601. The van der Waals surface area contributed by atoms with Crippen LogP contribution in [0.5, 0.6) is 0 Å². The Bertz CT molecular complexity index is 1550. The van der Waals surface area contributed by atoms with Crippen molar-refractivity contribution >= 4 is 27.6 Å². The lowest BCUT2D eigenvalue weighted by Gasteiger charge is -2.10. The summed E-state index contributed by atoms with van der Waals surface area (Å²) in [7, 11) is -3.73. The van der Waals surface area contributed by atoms with E-state index in [1.54, 1.807) is 24.3 Å². The van der Waals surface area contributed by atoms with Crippen LogP contribution < -0.4 is 10.3 Å². The van der Waals surface area contributed by atoms with Crippen molar-refractivity contribution in [3.05, 3.63) is 105 Å². The Morgan fingerprint density at radius 3 is 2.29 bits per heavy atom. The van der Waals surface area contributed by atoms with Crippen molar-refractivity contribution in [1.29, 1.82) is 0 Å². The van der Waals surface area contributed by atoms with E-state index in [0.717, 1.165) is 22.4 Å². The number of hydrogen-bond acceptors (Lipinski definition) is 4. The number of hydrogen-bond donors (Lipinski definition) is 2. The molecule has 174 valence electrons. The number of para-hydroxylation sites is 1. The molecule has 0 aliphatic carbocycles. The van der Waals surface area contributed by atoms with Crippen LogP contribution >= 0.6 is 0 Å². The minimum atomic E-state index is -3.73. The van der Waals surface area contributed by atoms with Crippen LogP contribution in [0.4, 0.5) is 11.4 Å². The van der Waals surface area contributed by atoms with Crippen LogP contribution in [0.1, 0.15) is 27.9 Å². The number of aliphatic imine (C=N–C) groups is 1. The number of anilines is 1. The van der Waals surface area contributed by atoms with Gasteiger partial charge in [0, 0.05) is 11.9 Å². The van der Waals surface area contributed by atoms with E-state index in [0.29, 0.717) is 22.6 Å². The Hall–Kier alpha value is -3.91. The van der Waals surface area contributed by atoms with Crippen molar-refractivity contribution < 1.29 is 8.42 Å². The van der Waals surface area contributed by atoms with Crippen LogP contribution in [-0.4, -0.2) is 24.4 Å². The molecule has 0 radical (unpaired) electrons. The summed E-state index contributed by atoms with van der Waals surface area (Å²) in [5, 5.41) is 3.11. The summed E-state index contributed by atoms with van der Waals surface area (Å²) in [6, 6.07) is 19.3. The summed E-state index contributed by atoms with van der Waals surface area (Å²) < 4.78 is 29.6. The SMILES string of the molecule is Cc1ccc(-n2[nH]c(C)c(C=Nc3ccc(S(=O)(=O)Nc4ccccc4C)cc3)c2=O)c(C)c1. The van der Waals surface area contributed by atoms with Gasteiger partial charge in [-0.15, -0.1) is 0 Å². The van der Waals surface area contributed by atoms with Gasteiger partial charge in [0.1, 0.15) is 0 Å². The molecule has 0 atom stereocenters. The highest BCUT2D eigenvalue weighted by Gasteiger charge is 2.15. The van der Waals surface area contributed by atoms with Gasteiger partial charge in [-0.25, -0.2) is 13.1 Å². The first kappa shape index (κ1) is 23.3. The molecule has 4 aromatic rings. The molecule has 0 aliphatic heterocycles. The van der Waals surface area contributed by atoms with Gasteiger partial charge in [0.05, 0.1) is 27.5 Å². The highest BCUT2D eigenvalue weighted by Crippen LogP contribution is 2.22. The number of nitrogens with zero attached hydrogens (tertiary/aromatic N) is 2. The van der Waals surface area contributed by atoms with Crippen LogP contribution in [0.15, 0.2) is 81.4 Å². The van der Waals surface area contributed by atoms with E-state index in [1.807, 2.05) is 58.0 Å². The van der Waals surface area contributed by atoms with E-state index in [-0.39, 0.29) is 10.5 Å². The lowest BCUT2D eigenvalue weighted by atomic mass is 10.1. The van der Waals surface area contributed by atoms with Gasteiger partial charge in [-0.05, 0) is 75.2 Å². The van der Waals surface area contributed by atoms with Crippen LogP contribution in [0, 0.1) is 27.7 Å². The molecule has 0 fully saturated rings. The van der Waals surface area contributed by atoms with E-state index in [9.17, 15) is 13.2 Å². The Morgan fingerprint density at radius 1 is 0.912 bits per heavy atom. The van der Waals surface area contributed by atoms with Crippen LogP contribution in [-0.2, 0) is 10.0 Å². The Balaban J connectivity index is 1.57. The topological polar surface area (TPSA) is 96.3 Å². The first-order valence-corrected chi connectivity index (χ1v) is 12.3. The highest BCUT2D eigenvalue weighted by molar-refractivity contribution is 7.92. The van der Waals surface area contributed by atoms with Gasteiger partial charge in [0.2, 0.25) is 0 Å². The molecule has 0 spiro atoms. The monoisotopic (exact) mass is 474 g/mol. The van der Waals surface area contributed by atoms with Crippen molar-refractivity contribution in [2.75, 3.05) is 4.72 Å². The summed E-state index contributed by atoms with van der Waals surface area (Å²) in [6.07, 6.45) is 1.50. The average Bonchev–Trinajstić information content (AvgIpc) is 3.07. The number of aromatic nitrogens is 2. The van der Waals surface area contributed by atoms with E-state index in [2.05, 4.69) is 14.8 Å². The zero-order chi connectivity index (χ0) is 24.5. The third-order valence-electron chi connectivity index (χ3n) is 5.59. The molecule has 1 heterocycles. The maximum Gasteiger partial charge on any atom is 0.280 e. The summed E-state index contributed by atoms with van der Waals surface area (Å²) in [4.78, 5) is 17.5. The number of aromatic amines is 1. The predicted octanol–water partition coefficient (Wildman–Crippen LogP) is 4.95. The maximum atomic E-state index is 13.0. The second kappa shape index (κ2) is 9.15. The molecule has 2 N–H and O–H groups in total. The number of benzene rings is 3. The molecular formula is C26H26N4O3S. The molecule has 4 rings (SSSR count). The fraction of sp³-hybridized carbons (Fsp3) is 0.154. The molecule has 0 saturated heterocycles. The summed E-state index contributed by atoms with van der Waals surface area (Å²) >= 11 is 0. The van der Waals surface area contributed by atoms with Gasteiger partial charge in [-0.2, -0.15) is 0 Å². The van der Waals surface area contributed by atoms with Gasteiger partial charge in [0.15, 0.2) is 0 Å². The van der Waals surface area contributed by atoms with E-state index in [1.165, 1.54) is 23.0 Å². The first-order chi connectivity index (χ1) is 16.2. The molecule has 0 bridgehead atoms. The molecule has 8 heteroatoms. The maximum absolute atomic E-state index is 13.0. The highest BCUT2D eigenvalue weighted by atomic mass is 32.2. The van der Waals surface area contributed by atoms with Crippen molar-refractivity contribution in [1.82, 2.24) is 9.78 Å². The van der Waals surface area contributed by atoms with Gasteiger partial charge < -0.3 is 0 Å². The van der Waals surface area contributed by atoms with Crippen LogP contribution in [0.25, 0.3) is 5.69 Å². The minimum Gasteiger partial charge on any atom is -0.295 e. The minimum absolute atomic E-state index is 0.129. The molecule has 34 heavy (non-hydrogen) atoms. The molecule has 7 nitrogen and oxygen atoms in total. The second-order valence-electron chi connectivity index (χ2n) is 8.25. The molecular weight excluding hydrogens is 448 g/mol. The molecule has 0 saturated carbocycles. The third kappa shape index (κ3) is 4.72. The van der Waals surface area contributed by atoms with Gasteiger partial charge in [-0.3, -0.25) is 19.6 Å². The first-order valence-electron chi connectivity index (χ1n) is 10.8. The fourth-order valence-electron chi connectivity index (χ4n) is 3.68. The van der Waals surface area contributed by atoms with E-state index in [4.69, 9.17) is 0 Å². The smallest absolute Gasteiger partial charge is 0.280 e. The van der Waals surface area contributed by atoms with E-state index < -0.39 is 10.0 Å². The summed E-state index contributed by atoms with van der Waals surface area (Å²) in [5.74, 6) is 0. The van der Waals surface area contributed by atoms with Crippen molar-refractivity contribution in [3.8, 4) is 5.69 Å². The quantitative estimate of drug-likeness (QED) is 0.387. The Labute approximate surface area is 198 Å². The van der Waals surface area contributed by atoms with Gasteiger partial charge >= 0.3 is 0 Å². The number of nitrogens with one attached hydrogen (secondary N) is 2. The molecule has 0 unspecified atom stereocenters. The third-order valence-corrected chi connectivity index (χ3v) is 6.97. The van der Waals surface area contributed by atoms with Crippen molar-refractivity contribution in [2.24, 2.45) is 4.99 Å². The average molecular weight is 475 g/mol. The number of aryl methyl sites for hydroxylation is 4. The normalized spacial score (nSPS) is 11.8. The lowest BCUT2D eigenvalue weighted by Crippen LogP contribution is -2.18. The van der Waals surface area contributed by atoms with Crippen molar-refractivity contribution in [3.63, 3.8) is 0 Å². The van der Waals surface area contributed by atoms with Gasteiger partial charge in [0.25, 0.3) is 15.6 Å². The Kier molecular flexibility index (Phi) is 6.26. The molecule has 3 aromatic carbocycles. The molecule has 0 aliphatic rings. The summed E-state index contributed by atoms with van der Waals surface area (Å²) in [5.41, 5.74) is 5.74. The summed E-state index contributed by atoms with van der Waals surface area (Å²) in [6.45, 7) is 7.62. The second-order valence-corrected chi connectivity index (χ2v) is 9.94. The van der Waals surface area contributed by atoms with E-state index >= 15 is 0 Å². The van der Waals surface area contributed by atoms with Crippen LogP contribution in [0.2, 0.25) is 0 Å². The predicted molar refractivity (Wildman–Crippen MR) is 136 cm³/mol. The standard InChI is InChI=1S/C26H26N4O3S/c1-17-9-14-25(19(3)15-17)30-26(31)23(20(4)28-30)16-27-21-10-12-22(13-11-21)34(32,33)29-24-8-6-5-7-18(24)2/h5-16,28-29H,1-4H3. The van der Waals surface area contributed by atoms with Gasteiger partial charge in [-0.1, -0.05) is 35.9 Å². The number of H-pyrrole nitrogens is 1.